The van der Waals surface area contributed by atoms with Crippen molar-refractivity contribution in [2.45, 2.75) is 66.1 Å². The smallest absolute Gasteiger partial charge is 0.244 e. The Morgan fingerprint density at radius 1 is 0.941 bits per heavy atom. The summed E-state index contributed by atoms with van der Waals surface area (Å²) in [5.41, 5.74) is 2.87. The second kappa shape index (κ2) is 11.0. The summed E-state index contributed by atoms with van der Waals surface area (Å²) < 4.78 is 26.3. The molecule has 1 atom stereocenters. The first-order valence-corrected chi connectivity index (χ1v) is 13.3. The molecule has 0 spiro atoms. The highest BCUT2D eigenvalue weighted by Crippen LogP contribution is 2.20. The number of hydrogen-bond donors (Lipinski definition) is 1. The Labute approximate surface area is 204 Å². The molecule has 2 rings (SSSR count). The van der Waals surface area contributed by atoms with Crippen LogP contribution in [0.1, 0.15) is 50.8 Å². The second-order valence-electron chi connectivity index (χ2n) is 9.78. The number of nitrogens with one attached hydrogen (secondary N) is 1. The third kappa shape index (κ3) is 7.87. The van der Waals surface area contributed by atoms with E-state index in [1.807, 2.05) is 65.8 Å². The lowest BCUT2D eigenvalue weighted by atomic mass is 10.1. The lowest BCUT2D eigenvalue weighted by Gasteiger charge is -2.34. The Kier molecular flexibility index (Phi) is 8.89. The summed E-state index contributed by atoms with van der Waals surface area (Å²) in [4.78, 5) is 28.2. The number of amides is 2. The molecular weight excluding hydrogens is 450 g/mol. The summed E-state index contributed by atoms with van der Waals surface area (Å²) in [6, 6.07) is 13.9. The molecule has 186 valence electrons. The summed E-state index contributed by atoms with van der Waals surface area (Å²) in [6.07, 6.45) is 1.47. The van der Waals surface area contributed by atoms with Gasteiger partial charge in [-0.25, -0.2) is 8.42 Å². The molecule has 0 aliphatic carbocycles. The normalized spacial score (nSPS) is 12.7. The van der Waals surface area contributed by atoms with E-state index in [-0.39, 0.29) is 12.5 Å². The van der Waals surface area contributed by atoms with Gasteiger partial charge in [-0.05, 0) is 58.7 Å². The fourth-order valence-electron chi connectivity index (χ4n) is 3.59. The van der Waals surface area contributed by atoms with E-state index in [1.165, 1.54) is 4.90 Å². The van der Waals surface area contributed by atoms with E-state index in [1.54, 1.807) is 24.3 Å². The zero-order valence-corrected chi connectivity index (χ0v) is 22.1. The van der Waals surface area contributed by atoms with E-state index in [4.69, 9.17) is 0 Å². The van der Waals surface area contributed by atoms with Crippen molar-refractivity contribution in [1.29, 1.82) is 0 Å². The van der Waals surface area contributed by atoms with Crippen LogP contribution in [0.2, 0.25) is 0 Å². The van der Waals surface area contributed by atoms with Gasteiger partial charge >= 0.3 is 0 Å². The van der Waals surface area contributed by atoms with Crippen LogP contribution in [0, 0.1) is 13.8 Å². The zero-order chi connectivity index (χ0) is 25.7. The lowest BCUT2D eigenvalue weighted by molar-refractivity contribution is -0.141. The van der Waals surface area contributed by atoms with E-state index in [0.29, 0.717) is 12.1 Å². The van der Waals surface area contributed by atoms with Crippen molar-refractivity contribution in [3.05, 3.63) is 65.2 Å². The maximum absolute atomic E-state index is 13.6. The Morgan fingerprint density at radius 2 is 1.44 bits per heavy atom. The standard InChI is InChI=1S/C26H37N3O4S/c1-8-23(25(31)27-26(4,5)6)28(17-21-13-9-19(2)10-14-21)24(30)18-29(34(7,32)33)22-15-11-20(3)12-16-22/h9-16,23H,8,17-18H2,1-7H3,(H,27,31)/t23-/m1/s1. The highest BCUT2D eigenvalue weighted by molar-refractivity contribution is 7.92. The van der Waals surface area contributed by atoms with Crippen LogP contribution < -0.4 is 9.62 Å². The molecule has 0 saturated heterocycles. The molecule has 2 amide bonds. The second-order valence-corrected chi connectivity index (χ2v) is 11.7. The third-order valence-electron chi connectivity index (χ3n) is 5.36. The zero-order valence-electron chi connectivity index (χ0n) is 21.3. The van der Waals surface area contributed by atoms with Gasteiger partial charge in [0.05, 0.1) is 11.9 Å². The van der Waals surface area contributed by atoms with Gasteiger partial charge in [-0.15, -0.1) is 0 Å². The fourth-order valence-corrected chi connectivity index (χ4v) is 4.44. The fraction of sp³-hybridized carbons (Fsp3) is 0.462. The van der Waals surface area contributed by atoms with Crippen molar-refractivity contribution in [3.63, 3.8) is 0 Å². The predicted molar refractivity (Wildman–Crippen MR) is 137 cm³/mol. The number of anilines is 1. The molecule has 0 aromatic heterocycles. The molecule has 2 aromatic carbocycles. The number of carbonyl (C=O) groups is 2. The van der Waals surface area contributed by atoms with Crippen LogP contribution >= 0.6 is 0 Å². The molecule has 0 aliphatic heterocycles. The average molecular weight is 488 g/mol. The van der Waals surface area contributed by atoms with Crippen LogP contribution in [0.15, 0.2) is 48.5 Å². The molecule has 0 bridgehead atoms. The number of carbonyl (C=O) groups excluding carboxylic acids is 2. The number of aryl methyl sites for hydroxylation is 2. The molecule has 7 nitrogen and oxygen atoms in total. The molecular formula is C26H37N3O4S. The first kappa shape index (κ1) is 27.4. The summed E-state index contributed by atoms with van der Waals surface area (Å²) >= 11 is 0. The van der Waals surface area contributed by atoms with Gasteiger partial charge in [-0.2, -0.15) is 0 Å². The minimum atomic E-state index is -3.73. The van der Waals surface area contributed by atoms with Gasteiger partial charge in [0.25, 0.3) is 0 Å². The van der Waals surface area contributed by atoms with E-state index in [2.05, 4.69) is 5.32 Å². The molecule has 0 unspecified atom stereocenters. The van der Waals surface area contributed by atoms with Gasteiger partial charge in [0.15, 0.2) is 0 Å². The molecule has 8 heteroatoms. The van der Waals surface area contributed by atoms with Crippen molar-refractivity contribution in [2.75, 3.05) is 17.1 Å². The minimum Gasteiger partial charge on any atom is -0.350 e. The summed E-state index contributed by atoms with van der Waals surface area (Å²) in [5.74, 6) is -0.709. The maximum Gasteiger partial charge on any atom is 0.244 e. The number of hydrogen-bond acceptors (Lipinski definition) is 4. The topological polar surface area (TPSA) is 86.8 Å². The van der Waals surface area contributed by atoms with Crippen LogP contribution in [0.5, 0.6) is 0 Å². The highest BCUT2D eigenvalue weighted by atomic mass is 32.2. The largest absolute Gasteiger partial charge is 0.350 e. The van der Waals surface area contributed by atoms with Gasteiger partial charge in [0.1, 0.15) is 12.6 Å². The first-order chi connectivity index (χ1) is 15.7. The van der Waals surface area contributed by atoms with Crippen molar-refractivity contribution >= 4 is 27.5 Å². The van der Waals surface area contributed by atoms with Crippen LogP contribution in [0.25, 0.3) is 0 Å². The average Bonchev–Trinajstić information content (AvgIpc) is 2.72. The van der Waals surface area contributed by atoms with Crippen molar-refractivity contribution in [2.24, 2.45) is 0 Å². The van der Waals surface area contributed by atoms with E-state index >= 15 is 0 Å². The number of sulfonamides is 1. The van der Waals surface area contributed by atoms with Gasteiger partial charge in [-0.3, -0.25) is 13.9 Å². The van der Waals surface area contributed by atoms with Crippen LogP contribution in [-0.4, -0.2) is 49.5 Å². The summed E-state index contributed by atoms with van der Waals surface area (Å²) in [6.45, 7) is 11.2. The van der Waals surface area contributed by atoms with Crippen molar-refractivity contribution in [1.82, 2.24) is 10.2 Å². The first-order valence-electron chi connectivity index (χ1n) is 11.4. The number of benzene rings is 2. The summed E-state index contributed by atoms with van der Waals surface area (Å²) in [5, 5.41) is 2.96. The monoisotopic (exact) mass is 487 g/mol. The maximum atomic E-state index is 13.6. The molecule has 0 saturated carbocycles. The molecule has 0 fully saturated rings. The van der Waals surface area contributed by atoms with E-state index in [9.17, 15) is 18.0 Å². The molecule has 34 heavy (non-hydrogen) atoms. The molecule has 1 N–H and O–H groups in total. The molecule has 0 radical (unpaired) electrons. The van der Waals surface area contributed by atoms with E-state index < -0.39 is 34.1 Å². The SMILES string of the molecule is CC[C@H](C(=O)NC(C)(C)C)N(Cc1ccc(C)cc1)C(=O)CN(c1ccc(C)cc1)S(C)(=O)=O. The lowest BCUT2D eigenvalue weighted by Crippen LogP contribution is -2.55. The molecule has 0 heterocycles. The Balaban J connectivity index is 2.43. The molecule has 0 aliphatic rings. The van der Waals surface area contributed by atoms with Crippen molar-refractivity contribution < 1.29 is 18.0 Å². The van der Waals surface area contributed by atoms with E-state index in [0.717, 1.165) is 27.3 Å². The van der Waals surface area contributed by atoms with Crippen LogP contribution in [0.4, 0.5) is 5.69 Å². The minimum absolute atomic E-state index is 0.195. The van der Waals surface area contributed by atoms with Gasteiger partial charge < -0.3 is 10.2 Å². The van der Waals surface area contributed by atoms with Crippen molar-refractivity contribution in [3.8, 4) is 0 Å². The van der Waals surface area contributed by atoms with Gasteiger partial charge in [0, 0.05) is 12.1 Å². The Morgan fingerprint density at radius 3 is 1.88 bits per heavy atom. The van der Waals surface area contributed by atoms with Crippen LogP contribution in [-0.2, 0) is 26.2 Å². The van der Waals surface area contributed by atoms with Crippen LogP contribution in [0.3, 0.4) is 0 Å². The number of rotatable bonds is 9. The molecule has 2 aromatic rings. The van der Waals surface area contributed by atoms with Gasteiger partial charge in [-0.1, -0.05) is 54.4 Å². The predicted octanol–water partition coefficient (Wildman–Crippen LogP) is 3.79. The highest BCUT2D eigenvalue weighted by Gasteiger charge is 2.33. The number of nitrogens with zero attached hydrogens (tertiary/aromatic N) is 2. The third-order valence-corrected chi connectivity index (χ3v) is 6.50. The van der Waals surface area contributed by atoms with Gasteiger partial charge in [0.2, 0.25) is 21.8 Å². The summed E-state index contributed by atoms with van der Waals surface area (Å²) in [7, 11) is -3.73. The quantitative estimate of drug-likeness (QED) is 0.583. The Hall–Kier alpha value is -2.87. The Bertz CT molecular complexity index is 1090.